The highest BCUT2D eigenvalue weighted by atomic mass is 35.5. The van der Waals surface area contributed by atoms with Crippen LogP contribution in [0.1, 0.15) is 49.8 Å². The smallest absolute Gasteiger partial charge is 0.226 e. The fourth-order valence-electron chi connectivity index (χ4n) is 5.42. The lowest BCUT2D eigenvalue weighted by atomic mass is 9.56. The lowest BCUT2D eigenvalue weighted by molar-refractivity contribution is -0.129. The van der Waals surface area contributed by atoms with E-state index in [1.54, 1.807) is 12.3 Å². The third-order valence-corrected chi connectivity index (χ3v) is 7.32. The Morgan fingerprint density at radius 1 is 1.30 bits per heavy atom. The van der Waals surface area contributed by atoms with E-state index < -0.39 is 5.41 Å². The van der Waals surface area contributed by atoms with Gasteiger partial charge >= 0.3 is 0 Å². The van der Waals surface area contributed by atoms with Gasteiger partial charge in [-0.05, 0) is 55.5 Å². The van der Waals surface area contributed by atoms with Crippen LogP contribution in [0.5, 0.6) is 5.75 Å². The number of hydrogen-bond donors (Lipinski definition) is 2. The van der Waals surface area contributed by atoms with E-state index in [9.17, 15) is 4.79 Å². The van der Waals surface area contributed by atoms with Gasteiger partial charge in [0.15, 0.2) is 0 Å². The van der Waals surface area contributed by atoms with Gasteiger partial charge in [-0.2, -0.15) is 0 Å². The highest BCUT2D eigenvalue weighted by molar-refractivity contribution is 6.31. The Hall–Kier alpha value is -1.82. The number of aliphatic hydroxyl groups excluding tert-OH is 1. The number of rotatable bonds is 5. The van der Waals surface area contributed by atoms with Crippen LogP contribution in [0.4, 0.5) is 0 Å². The Bertz CT molecular complexity index is 937. The zero-order valence-corrected chi connectivity index (χ0v) is 18.6. The lowest BCUT2D eigenvalue weighted by Crippen LogP contribution is -2.42. The Kier molecular flexibility index (Phi) is 5.97. The summed E-state index contributed by atoms with van der Waals surface area (Å²) >= 11 is 12.8. The number of pyridine rings is 1. The van der Waals surface area contributed by atoms with Crippen LogP contribution in [0.2, 0.25) is 10.0 Å². The van der Waals surface area contributed by atoms with Crippen molar-refractivity contribution >= 4 is 29.1 Å². The molecule has 1 aliphatic carbocycles. The second-order valence-electron chi connectivity index (χ2n) is 8.53. The Morgan fingerprint density at radius 3 is 2.77 bits per heavy atom. The standard InChI is InChI=1S/C23H26Cl2N2O3/c1-13-21-20(19-6-3-14(24)12-26-19)17(7-8-23(21,2)22(29)27-13)16-5-4-15(11-18(16)25)30-10-9-28/h3-6,11-13,17,20-21,28H,7-10H2,1-2H3,(H,27,29)/t13?,17?,20-,21?,23?/m1/s1. The predicted molar refractivity (Wildman–Crippen MR) is 117 cm³/mol. The zero-order valence-electron chi connectivity index (χ0n) is 17.1. The van der Waals surface area contributed by atoms with Crippen molar-refractivity contribution in [3.8, 4) is 5.75 Å². The van der Waals surface area contributed by atoms with Crippen LogP contribution in [0.25, 0.3) is 0 Å². The number of benzene rings is 1. The number of carbonyl (C=O) groups is 1. The first-order valence-electron chi connectivity index (χ1n) is 10.3. The lowest BCUT2D eigenvalue weighted by Gasteiger charge is -2.45. The third-order valence-electron chi connectivity index (χ3n) is 6.77. The molecule has 4 rings (SSSR count). The molecule has 0 spiro atoms. The van der Waals surface area contributed by atoms with Crippen molar-refractivity contribution in [3.05, 3.63) is 57.8 Å². The van der Waals surface area contributed by atoms with E-state index in [0.717, 1.165) is 24.1 Å². The molecule has 5 nitrogen and oxygen atoms in total. The SMILES string of the molecule is CC1NC(=O)C2(C)CCC(c3ccc(OCCO)cc3Cl)[C@H](c3ccc(Cl)cn3)C12. The minimum absolute atomic E-state index is 0.0247. The zero-order chi connectivity index (χ0) is 21.5. The molecule has 30 heavy (non-hydrogen) atoms. The molecule has 2 heterocycles. The Morgan fingerprint density at radius 2 is 2.10 bits per heavy atom. The van der Waals surface area contributed by atoms with E-state index in [4.69, 9.17) is 33.0 Å². The molecule has 2 aliphatic rings. The fourth-order valence-corrected chi connectivity index (χ4v) is 5.85. The molecule has 1 saturated carbocycles. The van der Waals surface area contributed by atoms with Gasteiger partial charge in [0.25, 0.3) is 0 Å². The molecule has 160 valence electrons. The molecule has 0 bridgehead atoms. The average Bonchev–Trinajstić information content (AvgIpc) is 2.95. The fraction of sp³-hybridized carbons (Fsp3) is 0.478. The molecule has 1 amide bonds. The van der Waals surface area contributed by atoms with Crippen LogP contribution in [0.3, 0.4) is 0 Å². The van der Waals surface area contributed by atoms with Crippen LogP contribution in [-0.4, -0.2) is 35.3 Å². The van der Waals surface area contributed by atoms with Crippen molar-refractivity contribution in [2.24, 2.45) is 11.3 Å². The summed E-state index contributed by atoms with van der Waals surface area (Å²) in [6, 6.07) is 9.55. The van der Waals surface area contributed by atoms with Gasteiger partial charge < -0.3 is 15.2 Å². The van der Waals surface area contributed by atoms with Crippen LogP contribution in [-0.2, 0) is 4.79 Å². The maximum Gasteiger partial charge on any atom is 0.226 e. The first kappa shape index (κ1) is 21.4. The normalized spacial score (nSPS) is 30.6. The van der Waals surface area contributed by atoms with E-state index in [1.807, 2.05) is 24.3 Å². The first-order chi connectivity index (χ1) is 14.3. The van der Waals surface area contributed by atoms with Crippen molar-refractivity contribution in [1.82, 2.24) is 10.3 Å². The van der Waals surface area contributed by atoms with E-state index in [-0.39, 0.29) is 42.9 Å². The average molecular weight is 449 g/mol. The van der Waals surface area contributed by atoms with Gasteiger partial charge in [-0.15, -0.1) is 0 Å². The van der Waals surface area contributed by atoms with Gasteiger partial charge in [0.2, 0.25) is 5.91 Å². The number of amides is 1. The highest BCUT2D eigenvalue weighted by Gasteiger charge is 2.58. The quantitative estimate of drug-likeness (QED) is 0.702. The summed E-state index contributed by atoms with van der Waals surface area (Å²) in [5.74, 6) is 0.990. The molecule has 4 unspecified atom stereocenters. The predicted octanol–water partition coefficient (Wildman–Crippen LogP) is 4.56. The number of nitrogens with one attached hydrogen (secondary N) is 1. The number of fused-ring (bicyclic) bond motifs is 1. The van der Waals surface area contributed by atoms with Gasteiger partial charge in [-0.1, -0.05) is 36.2 Å². The van der Waals surface area contributed by atoms with E-state index >= 15 is 0 Å². The van der Waals surface area contributed by atoms with E-state index in [0.29, 0.717) is 15.8 Å². The van der Waals surface area contributed by atoms with Crippen LogP contribution >= 0.6 is 23.2 Å². The molecule has 5 atom stereocenters. The van der Waals surface area contributed by atoms with Gasteiger partial charge in [0, 0.05) is 34.8 Å². The van der Waals surface area contributed by atoms with E-state index in [2.05, 4.69) is 24.1 Å². The second kappa shape index (κ2) is 8.37. The maximum atomic E-state index is 12.8. The number of nitrogens with zero attached hydrogens (tertiary/aromatic N) is 1. The summed E-state index contributed by atoms with van der Waals surface area (Å²) in [5.41, 5.74) is 1.53. The minimum Gasteiger partial charge on any atom is -0.491 e. The number of carbonyl (C=O) groups excluding carboxylic acids is 1. The largest absolute Gasteiger partial charge is 0.491 e. The van der Waals surface area contributed by atoms with Crippen molar-refractivity contribution in [3.63, 3.8) is 0 Å². The van der Waals surface area contributed by atoms with Gasteiger partial charge in [0.1, 0.15) is 12.4 Å². The molecule has 2 N–H and O–H groups in total. The molecule has 2 aromatic rings. The van der Waals surface area contributed by atoms with Crippen LogP contribution in [0.15, 0.2) is 36.5 Å². The molecule has 7 heteroatoms. The molecule has 1 saturated heterocycles. The number of aliphatic hydroxyl groups is 1. The van der Waals surface area contributed by atoms with Crippen LogP contribution in [0, 0.1) is 11.3 Å². The molecule has 1 aromatic heterocycles. The van der Waals surface area contributed by atoms with Gasteiger partial charge in [0.05, 0.1) is 17.0 Å². The van der Waals surface area contributed by atoms with Crippen molar-refractivity contribution in [2.45, 2.75) is 44.6 Å². The second-order valence-corrected chi connectivity index (χ2v) is 9.38. The van der Waals surface area contributed by atoms with E-state index in [1.165, 1.54) is 0 Å². The van der Waals surface area contributed by atoms with Crippen molar-refractivity contribution in [2.75, 3.05) is 13.2 Å². The van der Waals surface area contributed by atoms with Crippen LogP contribution < -0.4 is 10.1 Å². The molecular weight excluding hydrogens is 423 g/mol. The Labute approximate surface area is 186 Å². The molecule has 2 fully saturated rings. The summed E-state index contributed by atoms with van der Waals surface area (Å²) in [7, 11) is 0. The summed E-state index contributed by atoms with van der Waals surface area (Å²) in [4.78, 5) is 17.5. The monoisotopic (exact) mass is 448 g/mol. The molecular formula is C23H26Cl2N2O3. The summed E-state index contributed by atoms with van der Waals surface area (Å²) < 4.78 is 5.50. The Balaban J connectivity index is 1.77. The maximum absolute atomic E-state index is 12.8. The van der Waals surface area contributed by atoms with Gasteiger partial charge in [-0.3, -0.25) is 9.78 Å². The molecule has 1 aliphatic heterocycles. The number of halogens is 2. The molecule has 0 radical (unpaired) electrons. The summed E-state index contributed by atoms with van der Waals surface area (Å²) in [6.45, 7) is 4.32. The topological polar surface area (TPSA) is 71.5 Å². The van der Waals surface area contributed by atoms with Crippen molar-refractivity contribution in [1.29, 1.82) is 0 Å². The third kappa shape index (κ3) is 3.68. The first-order valence-corrected chi connectivity index (χ1v) is 11.1. The minimum atomic E-state index is -0.432. The molecule has 1 aromatic carbocycles. The summed E-state index contributed by atoms with van der Waals surface area (Å²) in [6.07, 6.45) is 3.29. The summed E-state index contributed by atoms with van der Waals surface area (Å²) in [5, 5.41) is 13.4. The number of ether oxygens (including phenoxy) is 1. The number of hydrogen-bond acceptors (Lipinski definition) is 4. The highest BCUT2D eigenvalue weighted by Crippen LogP contribution is 2.58. The number of aromatic nitrogens is 1. The van der Waals surface area contributed by atoms with Gasteiger partial charge in [-0.25, -0.2) is 0 Å². The van der Waals surface area contributed by atoms with Crippen molar-refractivity contribution < 1.29 is 14.6 Å².